The van der Waals surface area contributed by atoms with E-state index in [2.05, 4.69) is 77.2 Å². The molecule has 70 heavy (non-hydrogen) atoms. The minimum absolute atomic E-state index is 0.00302. The van der Waals surface area contributed by atoms with Crippen molar-refractivity contribution in [3.05, 3.63) is 36.4 Å². The van der Waals surface area contributed by atoms with Gasteiger partial charge >= 0.3 is 11.9 Å². The maximum absolute atomic E-state index is 11.6. The first-order chi connectivity index (χ1) is 33.2. The molecule has 0 saturated heterocycles. The van der Waals surface area contributed by atoms with E-state index < -0.39 is 42.4 Å². The molecule has 2 unspecified atom stereocenters. The number of carboxylic acids is 2. The summed E-state index contributed by atoms with van der Waals surface area (Å²) in [5.74, 6) is -0.0968. The van der Waals surface area contributed by atoms with Gasteiger partial charge in [-0.25, -0.2) is 0 Å². The molecule has 1 aromatic carbocycles. The summed E-state index contributed by atoms with van der Waals surface area (Å²) in [5.41, 5.74) is 4.65. The molecule has 1 fully saturated rings. The average Bonchev–Trinajstić information content (AvgIpc) is 3.35. The molecule has 1 saturated carbocycles. The van der Waals surface area contributed by atoms with Crippen LogP contribution in [0, 0.1) is 42.9 Å². The maximum Gasteiger partial charge on any atom is 0.306 e. The number of rotatable bonds is 19. The highest BCUT2D eigenvalue weighted by Crippen LogP contribution is 2.24. The van der Waals surface area contributed by atoms with E-state index in [1.807, 2.05) is 98.7 Å². The molecule has 0 aliphatic heterocycles. The lowest BCUT2D eigenvalue weighted by Gasteiger charge is -2.26. The molecular formula is C52H95N7O11. The Hall–Kier alpha value is -6.11. The summed E-state index contributed by atoms with van der Waals surface area (Å²) in [5, 5.41) is 33.0. The minimum atomic E-state index is -1.15. The number of nitrogens with two attached hydrogens (primary N) is 1. The Labute approximate surface area is 422 Å². The summed E-state index contributed by atoms with van der Waals surface area (Å²) in [6.07, 6.45) is 18.1. The third-order valence-corrected chi connectivity index (χ3v) is 7.74. The molecule has 0 spiro atoms. The van der Waals surface area contributed by atoms with Crippen molar-refractivity contribution in [3.63, 3.8) is 0 Å². The first-order valence-electron chi connectivity index (χ1n) is 24.1. The molecule has 1 aromatic rings. The van der Waals surface area contributed by atoms with Crippen molar-refractivity contribution in [1.29, 1.82) is 0 Å². The highest BCUT2D eigenvalue weighted by molar-refractivity contribution is 5.88. The zero-order valence-electron chi connectivity index (χ0n) is 45.3. The van der Waals surface area contributed by atoms with Crippen molar-refractivity contribution >= 4 is 54.0 Å². The zero-order chi connectivity index (χ0) is 56.5. The van der Waals surface area contributed by atoms with Gasteiger partial charge in [0.25, 0.3) is 0 Å². The number of nitrogens with one attached hydrogen (secondary N) is 6. The number of terminal acetylenes is 2. The van der Waals surface area contributed by atoms with Gasteiger partial charge in [-0.2, -0.15) is 0 Å². The molecule has 18 nitrogen and oxygen atoms in total. The summed E-state index contributed by atoms with van der Waals surface area (Å²) in [7, 11) is 3.33. The van der Waals surface area contributed by atoms with Gasteiger partial charge in [0.2, 0.25) is 29.5 Å². The van der Waals surface area contributed by atoms with E-state index >= 15 is 0 Å². The minimum Gasteiger partial charge on any atom is -0.481 e. The fourth-order valence-corrected chi connectivity index (χ4v) is 4.59. The fourth-order valence-electron chi connectivity index (χ4n) is 4.59. The average molecular weight is 994 g/mol. The summed E-state index contributed by atoms with van der Waals surface area (Å²) < 4.78 is 0. The first kappa shape index (κ1) is 80.9. The van der Waals surface area contributed by atoms with Crippen LogP contribution in [0.15, 0.2) is 36.4 Å². The number of likely N-dealkylation sites (N-methyl/N-ethyl adjacent to an activating group) is 1. The third kappa shape index (κ3) is 64.0. The van der Waals surface area contributed by atoms with Gasteiger partial charge in [0.05, 0.1) is 43.9 Å². The Morgan fingerprint density at radius 1 is 0.743 bits per heavy atom. The number of primary amides is 1. The number of hydrogen-bond acceptors (Lipinski definition) is 11. The van der Waals surface area contributed by atoms with E-state index in [9.17, 15) is 43.2 Å². The van der Waals surface area contributed by atoms with Crippen molar-refractivity contribution in [2.75, 3.05) is 27.2 Å². The van der Waals surface area contributed by atoms with Gasteiger partial charge in [0.1, 0.15) is 18.6 Å². The summed E-state index contributed by atoms with van der Waals surface area (Å²) in [4.78, 5) is 96.7. The number of hydrogen-bond donors (Lipinski definition) is 9. The normalized spacial score (nSPS) is 13.3. The van der Waals surface area contributed by atoms with E-state index in [-0.39, 0.29) is 54.5 Å². The van der Waals surface area contributed by atoms with Gasteiger partial charge in [-0.1, -0.05) is 132 Å². The summed E-state index contributed by atoms with van der Waals surface area (Å²) in [6, 6.07) is 10.1. The van der Waals surface area contributed by atoms with Crippen LogP contribution in [0.1, 0.15) is 148 Å². The maximum atomic E-state index is 11.6. The lowest BCUT2D eigenvalue weighted by atomic mass is 9.86. The molecule has 1 aliphatic carbocycles. The van der Waals surface area contributed by atoms with Crippen LogP contribution >= 0.6 is 0 Å². The van der Waals surface area contributed by atoms with Gasteiger partial charge in [-0.05, 0) is 58.0 Å². The van der Waals surface area contributed by atoms with Gasteiger partial charge < -0.3 is 57.4 Å². The van der Waals surface area contributed by atoms with E-state index in [4.69, 9.17) is 16.6 Å². The quantitative estimate of drug-likeness (QED) is 0.0610. The monoisotopic (exact) mass is 994 g/mol. The second kappa shape index (κ2) is 62.9. The molecule has 0 aromatic heterocycles. The van der Waals surface area contributed by atoms with Crippen molar-refractivity contribution in [2.45, 2.75) is 172 Å². The number of carbonyl (C=O) groups is 9. The lowest BCUT2D eigenvalue weighted by molar-refractivity contribution is -0.143. The fraction of sp³-hybridized carbons (Fsp3) is 0.635. The van der Waals surface area contributed by atoms with Gasteiger partial charge in [-0.15, -0.1) is 19.3 Å². The smallest absolute Gasteiger partial charge is 0.306 e. The molecule has 0 bridgehead atoms. The molecule has 1 aliphatic rings. The largest absolute Gasteiger partial charge is 0.481 e. The van der Waals surface area contributed by atoms with E-state index in [1.54, 1.807) is 21.0 Å². The second-order valence-corrected chi connectivity index (χ2v) is 14.8. The number of carboxylic acid groups (broad SMARTS) is 2. The highest BCUT2D eigenvalue weighted by Gasteiger charge is 2.26. The first-order valence-corrected chi connectivity index (χ1v) is 24.1. The van der Waals surface area contributed by atoms with Crippen LogP contribution in [0.25, 0.3) is 0 Å². The second-order valence-electron chi connectivity index (χ2n) is 14.8. The van der Waals surface area contributed by atoms with Gasteiger partial charge in [0, 0.05) is 18.9 Å². The zero-order valence-corrected chi connectivity index (χ0v) is 45.3. The van der Waals surface area contributed by atoms with Crippen molar-refractivity contribution < 1.29 is 53.4 Å². The SMILES string of the molecule is C#C.C#CC(CC(=O)N[C@H](C=O)CC(=O)O)NC.CC.CC.CC.CC(C)C.CCC(N)=O.CCCC(=O)NC(C(=O)NCC=O)C(C)C.CNCC(=O)NC1CCC(C(=O)O)CC1.c1ccccc1. The topological polar surface area (TPSA) is 292 Å². The Morgan fingerprint density at radius 3 is 1.49 bits per heavy atom. The molecule has 404 valence electrons. The number of aliphatic carboxylic acids is 2. The van der Waals surface area contributed by atoms with E-state index in [0.29, 0.717) is 44.8 Å². The van der Waals surface area contributed by atoms with Crippen LogP contribution in [-0.2, 0) is 43.2 Å². The number of amides is 5. The van der Waals surface area contributed by atoms with E-state index in [0.717, 1.165) is 25.2 Å². The highest BCUT2D eigenvalue weighted by atomic mass is 16.4. The van der Waals surface area contributed by atoms with Gasteiger partial charge in [0.15, 0.2) is 0 Å². The number of carbonyl (C=O) groups excluding carboxylic acids is 7. The molecule has 0 heterocycles. The molecule has 10 N–H and O–H groups in total. The summed E-state index contributed by atoms with van der Waals surface area (Å²) >= 11 is 0. The predicted molar refractivity (Wildman–Crippen MR) is 283 cm³/mol. The third-order valence-electron chi connectivity index (χ3n) is 7.74. The number of benzene rings is 1. The Bertz CT molecular complexity index is 1460. The number of aldehydes is 2. The predicted octanol–water partition coefficient (Wildman–Crippen LogP) is 5.52. The molecular weight excluding hydrogens is 899 g/mol. The molecule has 5 amide bonds. The van der Waals surface area contributed by atoms with E-state index in [1.165, 1.54) is 0 Å². The van der Waals surface area contributed by atoms with Crippen LogP contribution in [-0.4, -0.2) is 116 Å². The standard InChI is InChI=1S/C11H20N2O3.C10H14N2O4.C10H18N2O3.C6H6.C4H10.C3H7NO.3C2H6.C2H2/c1-4-5-9(15)13-10(8(2)3)11(16)12-6-7-14;1-3-7(11-2)4-9(14)12-8(6-13)5-10(15)16;1-11-6-9(13)12-8-4-2-7(3-5-8)10(14)15;1-2-4-6-5-3-1;1-4(2)3;1-2-3(4)5;4*1-2/h7-8,10H,4-6H2,1-3H3,(H,12,16)(H,13,15);1,6-8,11H,4-5H2,2H3,(H,12,14)(H,15,16);7-8,11H,2-6H2,1H3,(H,12,13)(H,14,15);1-6H;4H,1-3H3;2H2,1H3,(H2,4,5);3*1-2H3;1-2H/t;7?,8-;;;;;;;;/m.0......../s1. The molecule has 3 atom stereocenters. The van der Waals surface area contributed by atoms with Crippen molar-refractivity contribution in [1.82, 2.24) is 31.9 Å². The Morgan fingerprint density at radius 2 is 1.19 bits per heavy atom. The Kier molecular flexibility index (Phi) is 72.7. The van der Waals surface area contributed by atoms with Crippen LogP contribution in [0.2, 0.25) is 0 Å². The van der Waals surface area contributed by atoms with Crippen LogP contribution in [0.5, 0.6) is 0 Å². The van der Waals surface area contributed by atoms with Crippen molar-refractivity contribution in [3.8, 4) is 25.2 Å². The van der Waals surface area contributed by atoms with Gasteiger partial charge in [-0.3, -0.25) is 33.6 Å². The summed E-state index contributed by atoms with van der Waals surface area (Å²) in [6.45, 7) is 26.1. The Balaban J connectivity index is -0.000000112. The molecule has 0 radical (unpaired) electrons. The van der Waals surface area contributed by atoms with Crippen LogP contribution < -0.4 is 37.6 Å². The van der Waals surface area contributed by atoms with Crippen LogP contribution in [0.3, 0.4) is 0 Å². The molecule has 18 heteroatoms. The lowest BCUT2D eigenvalue weighted by Crippen LogP contribution is -2.49. The van der Waals surface area contributed by atoms with Crippen LogP contribution in [0.4, 0.5) is 0 Å². The molecule has 2 rings (SSSR count). The van der Waals surface area contributed by atoms with Crippen molar-refractivity contribution in [2.24, 2.45) is 23.5 Å².